The zero-order chi connectivity index (χ0) is 15.3. The summed E-state index contributed by atoms with van der Waals surface area (Å²) < 4.78 is 6.34. The van der Waals surface area contributed by atoms with E-state index < -0.39 is 6.04 Å². The first-order valence-corrected chi connectivity index (χ1v) is 7.07. The summed E-state index contributed by atoms with van der Waals surface area (Å²) in [6.07, 6.45) is 1.72. The smallest absolute Gasteiger partial charge is 0.329 e. The van der Waals surface area contributed by atoms with Gasteiger partial charge in [-0.1, -0.05) is 12.1 Å². The van der Waals surface area contributed by atoms with Gasteiger partial charge in [0.15, 0.2) is 0 Å². The second-order valence-corrected chi connectivity index (χ2v) is 5.55. The number of fused-ring (bicyclic) bond motifs is 3. The van der Waals surface area contributed by atoms with Crippen LogP contribution in [0, 0.1) is 0 Å². The molecule has 0 spiro atoms. The van der Waals surface area contributed by atoms with E-state index in [1.165, 1.54) is 15.8 Å². The van der Waals surface area contributed by atoms with E-state index in [-0.39, 0.29) is 30.1 Å². The van der Waals surface area contributed by atoms with E-state index in [1.807, 2.05) is 0 Å². The van der Waals surface area contributed by atoms with Crippen LogP contribution in [0.1, 0.15) is 6.42 Å². The Hall–Kier alpha value is -2.70. The van der Waals surface area contributed by atoms with Gasteiger partial charge in [0, 0.05) is 6.42 Å². The Morgan fingerprint density at radius 1 is 1.32 bits per heavy atom. The summed E-state index contributed by atoms with van der Waals surface area (Å²) in [6.45, 7) is 0.290. The predicted molar refractivity (Wildman–Crippen MR) is 76.0 cm³/mol. The standard InChI is InChI=1S/C15H13N3O4/c19-13(18-6-9-5-12(18)15(21)22-9)7-17-8-16-11-4-2-1-3-10(11)14(17)20/h1-4,8-9,12H,5-7H2/t9-,12-/m0/s1. The van der Waals surface area contributed by atoms with E-state index in [4.69, 9.17) is 4.74 Å². The maximum Gasteiger partial charge on any atom is 0.329 e. The van der Waals surface area contributed by atoms with Crippen molar-refractivity contribution in [3.05, 3.63) is 40.9 Å². The number of esters is 1. The summed E-state index contributed by atoms with van der Waals surface area (Å²) in [6, 6.07) is 6.49. The fourth-order valence-corrected chi connectivity index (χ4v) is 3.08. The molecule has 4 rings (SSSR count). The van der Waals surface area contributed by atoms with Crippen LogP contribution >= 0.6 is 0 Å². The second kappa shape index (κ2) is 4.66. The van der Waals surface area contributed by atoms with Gasteiger partial charge in [0.1, 0.15) is 18.7 Å². The monoisotopic (exact) mass is 299 g/mol. The minimum absolute atomic E-state index is 0.118. The summed E-state index contributed by atoms with van der Waals surface area (Å²) in [7, 11) is 0. The summed E-state index contributed by atoms with van der Waals surface area (Å²) in [4.78, 5) is 42.0. The van der Waals surface area contributed by atoms with E-state index in [9.17, 15) is 14.4 Å². The van der Waals surface area contributed by atoms with Gasteiger partial charge >= 0.3 is 5.97 Å². The van der Waals surface area contributed by atoms with Crippen molar-refractivity contribution in [2.75, 3.05) is 6.54 Å². The molecule has 112 valence electrons. The maximum absolute atomic E-state index is 12.4. The molecule has 3 heterocycles. The Bertz CT molecular complexity index is 844. The Labute approximate surface area is 125 Å². The largest absolute Gasteiger partial charge is 0.459 e. The van der Waals surface area contributed by atoms with Crippen LogP contribution in [-0.2, 0) is 20.9 Å². The zero-order valence-corrected chi connectivity index (χ0v) is 11.6. The molecule has 2 atom stereocenters. The SMILES string of the molecule is O=C1O[C@H]2C[C@@H]1N(C(=O)Cn1cnc3ccccc3c1=O)C2. The van der Waals surface area contributed by atoms with E-state index >= 15 is 0 Å². The molecule has 1 aromatic carbocycles. The van der Waals surface area contributed by atoms with Crippen molar-refractivity contribution in [2.24, 2.45) is 0 Å². The third-order valence-electron chi connectivity index (χ3n) is 4.18. The number of rotatable bonds is 2. The fourth-order valence-electron chi connectivity index (χ4n) is 3.08. The van der Waals surface area contributed by atoms with Crippen LogP contribution in [-0.4, -0.2) is 45.0 Å². The molecule has 7 heteroatoms. The predicted octanol–water partition coefficient (Wildman–Crippen LogP) is -0.0772. The minimum atomic E-state index is -0.499. The number of benzene rings is 1. The molecule has 2 fully saturated rings. The zero-order valence-electron chi connectivity index (χ0n) is 11.6. The Balaban J connectivity index is 1.61. The third kappa shape index (κ3) is 1.89. The van der Waals surface area contributed by atoms with Crippen LogP contribution in [0.2, 0.25) is 0 Å². The van der Waals surface area contributed by atoms with Crippen molar-refractivity contribution >= 4 is 22.8 Å². The Morgan fingerprint density at radius 2 is 2.14 bits per heavy atom. The second-order valence-electron chi connectivity index (χ2n) is 5.55. The number of aromatic nitrogens is 2. The third-order valence-corrected chi connectivity index (χ3v) is 4.18. The molecular formula is C15H13N3O4. The van der Waals surface area contributed by atoms with Crippen molar-refractivity contribution in [2.45, 2.75) is 25.1 Å². The highest BCUT2D eigenvalue weighted by molar-refractivity contribution is 5.87. The van der Waals surface area contributed by atoms with Gasteiger partial charge in [-0.2, -0.15) is 0 Å². The average Bonchev–Trinajstić information content (AvgIpc) is 3.09. The van der Waals surface area contributed by atoms with Gasteiger partial charge in [-0.3, -0.25) is 14.2 Å². The van der Waals surface area contributed by atoms with Crippen molar-refractivity contribution in [3.63, 3.8) is 0 Å². The Morgan fingerprint density at radius 3 is 2.91 bits per heavy atom. The number of hydrogen-bond acceptors (Lipinski definition) is 5. The molecule has 2 saturated heterocycles. The lowest BCUT2D eigenvalue weighted by atomic mass is 10.2. The van der Waals surface area contributed by atoms with Crippen molar-refractivity contribution in [1.29, 1.82) is 0 Å². The topological polar surface area (TPSA) is 81.5 Å². The van der Waals surface area contributed by atoms with Crippen LogP contribution < -0.4 is 5.56 Å². The molecule has 2 aliphatic heterocycles. The lowest BCUT2D eigenvalue weighted by molar-refractivity contribution is -0.157. The van der Waals surface area contributed by atoms with Gasteiger partial charge in [-0.15, -0.1) is 0 Å². The number of likely N-dealkylation sites (tertiary alicyclic amines) is 1. The summed E-state index contributed by atoms with van der Waals surface area (Å²) in [5, 5.41) is 0.472. The van der Waals surface area contributed by atoms with Crippen LogP contribution in [0.25, 0.3) is 10.9 Å². The highest BCUT2D eigenvalue weighted by Crippen LogP contribution is 2.29. The van der Waals surface area contributed by atoms with Gasteiger partial charge in [0.2, 0.25) is 5.91 Å². The minimum Gasteiger partial charge on any atom is -0.459 e. The normalized spacial score (nSPS) is 23.1. The Kier molecular flexibility index (Phi) is 2.75. The highest BCUT2D eigenvalue weighted by Gasteiger charge is 2.48. The lowest BCUT2D eigenvalue weighted by Gasteiger charge is -2.25. The van der Waals surface area contributed by atoms with E-state index in [0.717, 1.165) is 0 Å². The highest BCUT2D eigenvalue weighted by atomic mass is 16.6. The first kappa shape index (κ1) is 13.0. The van der Waals surface area contributed by atoms with Gasteiger partial charge in [-0.05, 0) is 12.1 Å². The number of amides is 1. The van der Waals surface area contributed by atoms with E-state index in [2.05, 4.69) is 4.98 Å². The van der Waals surface area contributed by atoms with Crippen LogP contribution in [0.15, 0.2) is 35.4 Å². The van der Waals surface area contributed by atoms with Crippen molar-refractivity contribution in [1.82, 2.24) is 14.5 Å². The first-order valence-electron chi connectivity index (χ1n) is 7.07. The van der Waals surface area contributed by atoms with Crippen molar-refractivity contribution in [3.8, 4) is 0 Å². The molecule has 0 radical (unpaired) electrons. The van der Waals surface area contributed by atoms with Crippen LogP contribution in [0.3, 0.4) is 0 Å². The molecule has 7 nitrogen and oxygen atoms in total. The molecule has 22 heavy (non-hydrogen) atoms. The molecule has 2 bridgehead atoms. The molecule has 2 aromatic rings. The molecule has 0 saturated carbocycles. The number of carbonyl (C=O) groups excluding carboxylic acids is 2. The van der Waals surface area contributed by atoms with Gasteiger partial charge in [0.05, 0.1) is 23.8 Å². The number of nitrogens with zero attached hydrogens (tertiary/aromatic N) is 3. The molecule has 0 N–H and O–H groups in total. The van der Waals surface area contributed by atoms with E-state index in [0.29, 0.717) is 23.9 Å². The molecule has 2 aliphatic rings. The summed E-state index contributed by atoms with van der Waals surface area (Å²) >= 11 is 0. The van der Waals surface area contributed by atoms with Gasteiger partial charge in [0.25, 0.3) is 5.56 Å². The molecule has 1 amide bonds. The fraction of sp³-hybridized carbons (Fsp3) is 0.333. The van der Waals surface area contributed by atoms with Gasteiger partial charge < -0.3 is 9.64 Å². The molecule has 1 aromatic heterocycles. The van der Waals surface area contributed by atoms with Crippen molar-refractivity contribution < 1.29 is 14.3 Å². The number of para-hydroxylation sites is 1. The summed E-state index contributed by atoms with van der Waals surface area (Å²) in [5.74, 6) is -0.614. The molecule has 0 aliphatic carbocycles. The van der Waals surface area contributed by atoms with Crippen LogP contribution in [0.5, 0.6) is 0 Å². The van der Waals surface area contributed by atoms with E-state index in [1.54, 1.807) is 24.3 Å². The number of hydrogen-bond donors (Lipinski definition) is 0. The first-order chi connectivity index (χ1) is 10.6. The number of morpholine rings is 1. The quantitative estimate of drug-likeness (QED) is 0.725. The molecule has 0 unspecified atom stereocenters. The molecular weight excluding hydrogens is 286 g/mol. The van der Waals surface area contributed by atoms with Crippen LogP contribution in [0.4, 0.5) is 0 Å². The number of carbonyl (C=O) groups is 2. The van der Waals surface area contributed by atoms with Gasteiger partial charge in [-0.25, -0.2) is 9.78 Å². The summed E-state index contributed by atoms with van der Waals surface area (Å²) in [5.41, 5.74) is 0.339. The lowest BCUT2D eigenvalue weighted by Crippen LogP contribution is -2.46. The maximum atomic E-state index is 12.4. The average molecular weight is 299 g/mol. The number of ether oxygens (including phenoxy) is 1.